The van der Waals surface area contributed by atoms with Crippen molar-refractivity contribution in [1.82, 2.24) is 20.6 Å². The molecule has 0 bridgehead atoms. The molecule has 0 spiro atoms. The van der Waals surface area contributed by atoms with Gasteiger partial charge >= 0.3 is 11.9 Å². The predicted molar refractivity (Wildman–Crippen MR) is 144 cm³/mol. The fraction of sp³-hybridized carbons (Fsp3) is 0.517. The topological polar surface area (TPSA) is 148 Å². The number of aliphatic carboxylic acids is 1. The molecule has 10 heteroatoms. The molecule has 2 saturated carbocycles. The quantitative estimate of drug-likeness (QED) is 0.430. The van der Waals surface area contributed by atoms with Crippen LogP contribution in [0.1, 0.15) is 85.2 Å². The summed E-state index contributed by atoms with van der Waals surface area (Å²) in [5.74, 6) is -1.90. The number of ether oxygens (including phenoxy) is 1. The summed E-state index contributed by atoms with van der Waals surface area (Å²) in [6.45, 7) is 0. The van der Waals surface area contributed by atoms with Crippen molar-refractivity contribution in [3.8, 4) is 0 Å². The average molecular weight is 539 g/mol. The summed E-state index contributed by atoms with van der Waals surface area (Å²) in [4.78, 5) is 55.3. The molecule has 0 unspecified atom stereocenters. The van der Waals surface area contributed by atoms with Crippen LogP contribution in [0.2, 0.25) is 0 Å². The van der Waals surface area contributed by atoms with Crippen molar-refractivity contribution in [3.05, 3.63) is 60.2 Å². The van der Waals surface area contributed by atoms with Gasteiger partial charge in [0.25, 0.3) is 11.8 Å². The Morgan fingerprint density at radius 2 is 1.18 bits per heavy atom. The fourth-order valence-corrected chi connectivity index (χ4v) is 5.24. The predicted octanol–water partition coefficient (Wildman–Crippen LogP) is 3.78. The molecule has 3 N–H and O–H groups in total. The van der Waals surface area contributed by atoms with Crippen molar-refractivity contribution >= 4 is 23.8 Å². The molecular formula is C29H38N4O6. The molecule has 210 valence electrons. The van der Waals surface area contributed by atoms with E-state index in [1.165, 1.54) is 19.7 Å². The molecule has 10 nitrogen and oxygen atoms in total. The standard InChI is InChI=1S/C15H20N2O3.C14H18N2O3/c1-20-15(19)13(11-7-3-2-4-8-11)17-14(18)12-9-5-6-10-16-12;17-13(11-8-4-5-9-15-11)16-12(14(18)19)10-6-2-1-3-7-10/h5-6,9-11,13H,2-4,7-8H2,1H3,(H,17,18);4-5,8-10,12H,1-3,6-7H2,(H,16,17)(H,18,19)/t13-;12-/m00/s1. The first-order valence-electron chi connectivity index (χ1n) is 13.6. The van der Waals surface area contributed by atoms with Crippen molar-refractivity contribution in [2.24, 2.45) is 11.8 Å². The van der Waals surface area contributed by atoms with Crippen LogP contribution in [0, 0.1) is 11.8 Å². The third kappa shape index (κ3) is 9.15. The number of hydrogen-bond acceptors (Lipinski definition) is 7. The third-order valence-electron chi connectivity index (χ3n) is 7.33. The molecule has 2 fully saturated rings. The van der Waals surface area contributed by atoms with Gasteiger partial charge in [0.15, 0.2) is 0 Å². The zero-order chi connectivity index (χ0) is 28.0. The van der Waals surface area contributed by atoms with E-state index in [0.29, 0.717) is 5.69 Å². The lowest BCUT2D eigenvalue weighted by Gasteiger charge is -2.28. The molecule has 2 atom stereocenters. The Balaban J connectivity index is 0.000000216. The lowest BCUT2D eigenvalue weighted by atomic mass is 9.84. The maximum Gasteiger partial charge on any atom is 0.328 e. The molecule has 39 heavy (non-hydrogen) atoms. The van der Waals surface area contributed by atoms with Crippen LogP contribution in [-0.4, -0.2) is 58.0 Å². The first-order valence-corrected chi connectivity index (χ1v) is 13.6. The van der Waals surface area contributed by atoms with Gasteiger partial charge in [-0.3, -0.25) is 19.6 Å². The SMILES string of the molecule is COC(=O)[C@@H](NC(=O)c1ccccn1)C1CCCCC1.O=C(N[C@H](C(=O)O)C1CCCCC1)c1ccccn1. The average Bonchev–Trinajstić information content (AvgIpc) is 3.00. The molecule has 2 aromatic rings. The summed E-state index contributed by atoms with van der Waals surface area (Å²) in [7, 11) is 1.35. The van der Waals surface area contributed by atoms with Crippen LogP contribution in [0.15, 0.2) is 48.8 Å². The van der Waals surface area contributed by atoms with E-state index in [9.17, 15) is 24.3 Å². The number of carboxylic acid groups (broad SMARTS) is 1. The van der Waals surface area contributed by atoms with Gasteiger partial charge in [-0.1, -0.05) is 50.7 Å². The Labute approximate surface area is 229 Å². The number of nitrogens with one attached hydrogen (secondary N) is 2. The van der Waals surface area contributed by atoms with Crippen LogP contribution >= 0.6 is 0 Å². The number of carbonyl (C=O) groups is 4. The minimum absolute atomic E-state index is 0.0268. The lowest BCUT2D eigenvalue weighted by Crippen LogP contribution is -2.47. The van der Waals surface area contributed by atoms with E-state index in [1.54, 1.807) is 42.6 Å². The van der Waals surface area contributed by atoms with Crippen molar-refractivity contribution in [2.45, 2.75) is 76.3 Å². The van der Waals surface area contributed by atoms with E-state index in [4.69, 9.17) is 4.74 Å². The molecule has 0 saturated heterocycles. The molecule has 4 rings (SSSR count). The summed E-state index contributed by atoms with van der Waals surface area (Å²) < 4.78 is 4.83. The summed E-state index contributed by atoms with van der Waals surface area (Å²) in [5, 5.41) is 14.7. The number of carbonyl (C=O) groups excluding carboxylic acids is 3. The smallest absolute Gasteiger partial charge is 0.328 e. The number of amides is 2. The van der Waals surface area contributed by atoms with E-state index in [-0.39, 0.29) is 29.4 Å². The van der Waals surface area contributed by atoms with Gasteiger partial charge in [-0.05, 0) is 61.8 Å². The maximum atomic E-state index is 12.1. The van der Waals surface area contributed by atoms with E-state index >= 15 is 0 Å². The zero-order valence-corrected chi connectivity index (χ0v) is 22.4. The van der Waals surface area contributed by atoms with E-state index in [2.05, 4.69) is 20.6 Å². The Bertz CT molecular complexity index is 1070. The monoisotopic (exact) mass is 538 g/mol. The second-order valence-electron chi connectivity index (χ2n) is 9.99. The zero-order valence-electron chi connectivity index (χ0n) is 22.4. The Morgan fingerprint density at radius 1 is 0.744 bits per heavy atom. The van der Waals surface area contributed by atoms with Crippen molar-refractivity contribution in [2.75, 3.05) is 7.11 Å². The summed E-state index contributed by atoms with van der Waals surface area (Å²) in [5.41, 5.74) is 0.571. The van der Waals surface area contributed by atoms with Gasteiger partial charge in [0.05, 0.1) is 7.11 Å². The number of carboxylic acids is 1. The van der Waals surface area contributed by atoms with Gasteiger partial charge < -0.3 is 20.5 Å². The highest BCUT2D eigenvalue weighted by atomic mass is 16.5. The summed E-state index contributed by atoms with van der Waals surface area (Å²) in [6, 6.07) is 8.74. The maximum absolute atomic E-state index is 12.1. The highest BCUT2D eigenvalue weighted by Crippen LogP contribution is 2.28. The number of methoxy groups -OCH3 is 1. The first kappa shape index (κ1) is 29.7. The number of esters is 1. The molecule has 2 aliphatic rings. The largest absolute Gasteiger partial charge is 0.480 e. The Morgan fingerprint density at radius 3 is 1.56 bits per heavy atom. The number of pyridine rings is 2. The highest BCUT2D eigenvalue weighted by molar-refractivity contribution is 5.95. The van der Waals surface area contributed by atoms with Gasteiger partial charge in [0.1, 0.15) is 23.5 Å². The second kappa shape index (κ2) is 15.6. The molecule has 2 aliphatic carbocycles. The molecule has 2 amide bonds. The van der Waals surface area contributed by atoms with Crippen LogP contribution in [-0.2, 0) is 14.3 Å². The number of aromatic nitrogens is 2. The first-order chi connectivity index (χ1) is 18.9. The number of hydrogen-bond donors (Lipinski definition) is 3. The molecule has 0 aliphatic heterocycles. The van der Waals surface area contributed by atoms with Crippen molar-refractivity contribution < 1.29 is 29.0 Å². The molecule has 0 radical (unpaired) electrons. The van der Waals surface area contributed by atoms with E-state index < -0.39 is 24.0 Å². The normalized spacial score (nSPS) is 17.5. The van der Waals surface area contributed by atoms with Crippen LogP contribution in [0.4, 0.5) is 0 Å². The number of rotatable bonds is 8. The van der Waals surface area contributed by atoms with Gasteiger partial charge in [0.2, 0.25) is 0 Å². The summed E-state index contributed by atoms with van der Waals surface area (Å²) in [6.07, 6.45) is 13.3. The van der Waals surface area contributed by atoms with Crippen LogP contribution < -0.4 is 10.6 Å². The Hall–Kier alpha value is -3.82. The fourth-order valence-electron chi connectivity index (χ4n) is 5.24. The van der Waals surface area contributed by atoms with Gasteiger partial charge in [0, 0.05) is 12.4 Å². The highest BCUT2D eigenvalue weighted by Gasteiger charge is 2.32. The molecule has 0 aromatic carbocycles. The van der Waals surface area contributed by atoms with E-state index in [0.717, 1.165) is 57.8 Å². The molecular weight excluding hydrogens is 500 g/mol. The van der Waals surface area contributed by atoms with E-state index in [1.807, 2.05) is 0 Å². The summed E-state index contributed by atoms with van der Waals surface area (Å²) >= 11 is 0. The van der Waals surface area contributed by atoms with Crippen molar-refractivity contribution in [3.63, 3.8) is 0 Å². The van der Waals surface area contributed by atoms with Gasteiger partial charge in [-0.2, -0.15) is 0 Å². The molecule has 2 aromatic heterocycles. The van der Waals surface area contributed by atoms with Crippen molar-refractivity contribution in [1.29, 1.82) is 0 Å². The van der Waals surface area contributed by atoms with Crippen LogP contribution in [0.3, 0.4) is 0 Å². The Kier molecular flexibility index (Phi) is 11.9. The number of nitrogens with zero attached hydrogens (tertiary/aromatic N) is 2. The minimum Gasteiger partial charge on any atom is -0.480 e. The van der Waals surface area contributed by atoms with Crippen LogP contribution in [0.25, 0.3) is 0 Å². The second-order valence-corrected chi connectivity index (χ2v) is 9.99. The van der Waals surface area contributed by atoms with Gasteiger partial charge in [-0.15, -0.1) is 0 Å². The van der Waals surface area contributed by atoms with Gasteiger partial charge in [-0.25, -0.2) is 9.59 Å². The third-order valence-corrected chi connectivity index (χ3v) is 7.33. The van der Waals surface area contributed by atoms with Crippen LogP contribution in [0.5, 0.6) is 0 Å². The lowest BCUT2D eigenvalue weighted by molar-refractivity contribution is -0.144. The minimum atomic E-state index is -0.962. The molecule has 2 heterocycles.